The number of anilines is 1. The van der Waals surface area contributed by atoms with Gasteiger partial charge >= 0.3 is 0 Å². The molecule has 5 rings (SSSR count). The lowest BCUT2D eigenvalue weighted by molar-refractivity contribution is -0.0825. The van der Waals surface area contributed by atoms with Crippen LogP contribution in [-0.4, -0.2) is 77.5 Å². The highest BCUT2D eigenvalue weighted by Gasteiger charge is 2.47. The Morgan fingerprint density at radius 2 is 2.00 bits per heavy atom. The van der Waals surface area contributed by atoms with Crippen LogP contribution in [0.2, 0.25) is 0 Å². The highest BCUT2D eigenvalue weighted by molar-refractivity contribution is 7.20. The zero-order chi connectivity index (χ0) is 27.7. The molecule has 11 heteroatoms. The fourth-order valence-corrected chi connectivity index (χ4v) is 6.44. The number of benzene rings is 1. The summed E-state index contributed by atoms with van der Waals surface area (Å²) in [7, 11) is 1.62. The van der Waals surface area contributed by atoms with Crippen molar-refractivity contribution in [3.05, 3.63) is 53.4 Å². The molecule has 1 unspecified atom stereocenters. The first kappa shape index (κ1) is 27.6. The van der Waals surface area contributed by atoms with Crippen molar-refractivity contribution in [2.45, 2.75) is 57.7 Å². The number of hydrogen-bond acceptors (Lipinski definition) is 10. The van der Waals surface area contributed by atoms with Crippen LogP contribution in [0.4, 0.5) is 5.00 Å². The number of aliphatic hydroxyl groups is 2. The van der Waals surface area contributed by atoms with Gasteiger partial charge in [0.05, 0.1) is 48.5 Å². The molecule has 0 radical (unpaired) electrons. The number of nitrogens with zero attached hydrogens (tertiary/aromatic N) is 3. The highest BCUT2D eigenvalue weighted by Crippen LogP contribution is 2.47. The molecule has 39 heavy (non-hydrogen) atoms. The van der Waals surface area contributed by atoms with E-state index >= 15 is 0 Å². The summed E-state index contributed by atoms with van der Waals surface area (Å²) in [5, 5.41) is 22.5. The lowest BCUT2D eigenvalue weighted by Gasteiger charge is -2.48. The number of hydrogen-bond donors (Lipinski definition) is 2. The topological polar surface area (TPSA) is 118 Å². The summed E-state index contributed by atoms with van der Waals surface area (Å²) in [4.78, 5) is 22.0. The van der Waals surface area contributed by atoms with Gasteiger partial charge in [0, 0.05) is 18.8 Å². The number of fused-ring (bicyclic) bond motifs is 1. The van der Waals surface area contributed by atoms with Crippen LogP contribution in [0.1, 0.15) is 54.3 Å². The third-order valence-electron chi connectivity index (χ3n) is 7.37. The second-order valence-electron chi connectivity index (χ2n) is 10.4. The van der Waals surface area contributed by atoms with E-state index in [2.05, 4.69) is 4.98 Å². The van der Waals surface area contributed by atoms with Crippen molar-refractivity contribution in [1.29, 1.82) is 0 Å². The number of aliphatic hydroxyl groups excluding tert-OH is 2. The van der Waals surface area contributed by atoms with Crippen molar-refractivity contribution >= 4 is 22.2 Å². The summed E-state index contributed by atoms with van der Waals surface area (Å²) >= 11 is 1.34. The molecule has 0 saturated carbocycles. The van der Waals surface area contributed by atoms with E-state index in [0.717, 1.165) is 18.4 Å². The Balaban J connectivity index is 1.61. The van der Waals surface area contributed by atoms with E-state index in [1.165, 1.54) is 22.5 Å². The minimum absolute atomic E-state index is 0.0327. The van der Waals surface area contributed by atoms with Gasteiger partial charge in [0.15, 0.2) is 0 Å². The minimum atomic E-state index is -1.35. The lowest BCUT2D eigenvalue weighted by Crippen LogP contribution is -2.64. The first-order chi connectivity index (χ1) is 18.8. The van der Waals surface area contributed by atoms with Crippen LogP contribution in [0.25, 0.3) is 10.8 Å². The molecule has 4 heterocycles. The minimum Gasteiger partial charge on any atom is -0.496 e. The van der Waals surface area contributed by atoms with Crippen LogP contribution in [0.3, 0.4) is 0 Å². The second-order valence-corrected chi connectivity index (χ2v) is 11.4. The molecule has 210 valence electrons. The van der Waals surface area contributed by atoms with Gasteiger partial charge in [0.2, 0.25) is 12.2 Å². The molecule has 2 atom stereocenters. The molecule has 2 N–H and O–H groups in total. The largest absolute Gasteiger partial charge is 0.496 e. The van der Waals surface area contributed by atoms with Crippen LogP contribution in [0.15, 0.2) is 41.1 Å². The summed E-state index contributed by atoms with van der Waals surface area (Å²) in [5.74, 6) is 0.716. The SMILES string of the molecule is COc1ccccc1[C@H](CN1c2sc(-c3ncco3)c(C)c2C(=O)N(C(C)(C)CO)C1O)OC1CCOCC1. The molecule has 3 aromatic rings. The Morgan fingerprint density at radius 1 is 1.26 bits per heavy atom. The first-order valence-electron chi connectivity index (χ1n) is 13.1. The van der Waals surface area contributed by atoms with Crippen molar-refractivity contribution in [3.63, 3.8) is 0 Å². The number of aromatic nitrogens is 1. The molecular weight excluding hydrogens is 522 g/mol. The molecule has 10 nitrogen and oxygen atoms in total. The normalized spacial score (nSPS) is 19.3. The summed E-state index contributed by atoms with van der Waals surface area (Å²) in [5.41, 5.74) is 0.958. The van der Waals surface area contributed by atoms with Gasteiger partial charge in [-0.1, -0.05) is 18.2 Å². The number of ether oxygens (including phenoxy) is 3. The zero-order valence-electron chi connectivity index (χ0n) is 22.6. The second kappa shape index (κ2) is 11.3. The third-order valence-corrected chi connectivity index (χ3v) is 8.69. The van der Waals surface area contributed by atoms with E-state index < -0.39 is 18.0 Å². The molecule has 2 aliphatic rings. The zero-order valence-corrected chi connectivity index (χ0v) is 23.4. The number of methoxy groups -OCH3 is 1. The van der Waals surface area contributed by atoms with Crippen molar-refractivity contribution in [2.24, 2.45) is 0 Å². The molecule has 0 spiro atoms. The van der Waals surface area contributed by atoms with E-state index in [1.807, 2.05) is 31.2 Å². The fraction of sp³-hybridized carbons (Fsp3) is 0.500. The first-order valence-corrected chi connectivity index (χ1v) is 13.9. The fourth-order valence-electron chi connectivity index (χ4n) is 5.17. The number of para-hydroxylation sites is 1. The van der Waals surface area contributed by atoms with E-state index in [-0.39, 0.29) is 25.2 Å². The average molecular weight is 558 g/mol. The summed E-state index contributed by atoms with van der Waals surface area (Å²) < 4.78 is 23.5. The van der Waals surface area contributed by atoms with Gasteiger partial charge in [-0.2, -0.15) is 0 Å². The van der Waals surface area contributed by atoms with Gasteiger partial charge in [0.25, 0.3) is 5.91 Å². The molecule has 2 aliphatic heterocycles. The standard InChI is InChI=1S/C28H35N3O7S/c1-17-22-25(33)31(28(2,3)16-32)27(34)30(26(22)39-23(17)24-29-11-14-37-24)15-21(38-18-9-12-36-13-10-18)19-7-5-6-8-20(19)35-4/h5-8,11,14,18,21,27,32,34H,9-10,12-13,15-16H2,1-4H3/t21-,27?/m0/s1. The molecule has 1 saturated heterocycles. The van der Waals surface area contributed by atoms with Crippen LogP contribution in [0.5, 0.6) is 5.75 Å². The highest BCUT2D eigenvalue weighted by atomic mass is 32.1. The predicted octanol–water partition coefficient (Wildman–Crippen LogP) is 3.97. The molecule has 0 bridgehead atoms. The lowest BCUT2D eigenvalue weighted by atomic mass is 9.99. The van der Waals surface area contributed by atoms with Gasteiger partial charge in [-0.25, -0.2) is 4.98 Å². The third kappa shape index (κ3) is 5.17. The van der Waals surface area contributed by atoms with E-state index in [1.54, 1.807) is 32.1 Å². The van der Waals surface area contributed by atoms with Gasteiger partial charge in [-0.15, -0.1) is 11.3 Å². The summed E-state index contributed by atoms with van der Waals surface area (Å²) in [6, 6.07) is 7.67. The molecular formula is C28H35N3O7S. The molecule has 0 aliphatic carbocycles. The van der Waals surface area contributed by atoms with Gasteiger partial charge < -0.3 is 33.7 Å². The van der Waals surface area contributed by atoms with Crippen LogP contribution >= 0.6 is 11.3 Å². The van der Waals surface area contributed by atoms with E-state index in [4.69, 9.17) is 18.6 Å². The Morgan fingerprint density at radius 3 is 2.67 bits per heavy atom. The van der Waals surface area contributed by atoms with Crippen molar-refractivity contribution in [3.8, 4) is 16.5 Å². The number of thiophene rings is 1. The maximum absolute atomic E-state index is 13.9. The molecule has 1 fully saturated rings. The summed E-state index contributed by atoms with van der Waals surface area (Å²) in [6.45, 7) is 6.44. The average Bonchev–Trinajstić information content (AvgIpc) is 3.59. The number of carbonyl (C=O) groups excluding carboxylic acids is 1. The van der Waals surface area contributed by atoms with Gasteiger partial charge in [-0.3, -0.25) is 9.69 Å². The predicted molar refractivity (Wildman–Crippen MR) is 146 cm³/mol. The van der Waals surface area contributed by atoms with Crippen molar-refractivity contribution in [2.75, 3.05) is 38.4 Å². The van der Waals surface area contributed by atoms with E-state index in [9.17, 15) is 15.0 Å². The van der Waals surface area contributed by atoms with Crippen LogP contribution in [-0.2, 0) is 9.47 Å². The Kier molecular flexibility index (Phi) is 7.97. The van der Waals surface area contributed by atoms with Crippen molar-refractivity contribution in [1.82, 2.24) is 9.88 Å². The maximum atomic E-state index is 13.9. The van der Waals surface area contributed by atoms with Crippen molar-refractivity contribution < 1.29 is 33.6 Å². The smallest absolute Gasteiger partial charge is 0.261 e. The molecule has 1 amide bonds. The maximum Gasteiger partial charge on any atom is 0.261 e. The monoisotopic (exact) mass is 557 g/mol. The number of carbonyl (C=O) groups is 1. The quantitative estimate of drug-likeness (QED) is 0.403. The summed E-state index contributed by atoms with van der Waals surface area (Å²) in [6.07, 6.45) is 2.69. The molecule has 1 aromatic carbocycles. The van der Waals surface area contributed by atoms with Gasteiger partial charge in [-0.05, 0) is 45.2 Å². The van der Waals surface area contributed by atoms with Crippen LogP contribution < -0.4 is 9.64 Å². The number of rotatable bonds is 9. The Bertz CT molecular complexity index is 1290. The Labute approximate surface area is 231 Å². The van der Waals surface area contributed by atoms with E-state index in [0.29, 0.717) is 45.9 Å². The number of amides is 1. The van der Waals surface area contributed by atoms with Crippen LogP contribution in [0, 0.1) is 6.92 Å². The molecule has 2 aromatic heterocycles. The van der Waals surface area contributed by atoms with Gasteiger partial charge in [0.1, 0.15) is 23.1 Å². The Hall–Kier alpha value is -2.96. The number of oxazole rings is 1.